The molecule has 0 fully saturated rings. The lowest BCUT2D eigenvalue weighted by atomic mass is 10.2. The number of nitrogens with one attached hydrogen (secondary N) is 2. The number of hydrogen-bond acceptors (Lipinski definition) is 6. The van der Waals surface area contributed by atoms with E-state index in [0.29, 0.717) is 11.5 Å². The Morgan fingerprint density at radius 1 is 0.897 bits per heavy atom. The second-order valence-corrected chi connectivity index (χ2v) is 7.02. The maximum atomic E-state index is 12.4. The molecule has 2 N–H and O–H groups in total. The quantitative estimate of drug-likeness (QED) is 0.624. The van der Waals surface area contributed by atoms with Crippen LogP contribution in [0.15, 0.2) is 60.7 Å². The third-order valence-corrected chi connectivity index (χ3v) is 4.04. The highest BCUT2D eigenvalue weighted by Gasteiger charge is 2.09. The van der Waals surface area contributed by atoms with Gasteiger partial charge in [0.05, 0.1) is 6.10 Å². The second kappa shape index (κ2) is 9.05. The standard InChI is InChI=1S/C22H25N5O2/c1-15(2)29-19-11-7-16(8-12-19)23-21-14-13-20(25-26-21)22(28)24-17-5-9-18(10-6-17)27(3)4/h5-15H,1-4H3,(H,23,26)(H,24,28). The van der Waals surface area contributed by atoms with Crippen molar-refractivity contribution in [3.05, 3.63) is 66.4 Å². The van der Waals surface area contributed by atoms with E-state index in [1.54, 1.807) is 12.1 Å². The second-order valence-electron chi connectivity index (χ2n) is 7.02. The zero-order valence-corrected chi connectivity index (χ0v) is 17.0. The summed E-state index contributed by atoms with van der Waals surface area (Å²) in [5.74, 6) is 1.05. The van der Waals surface area contributed by atoms with Crippen molar-refractivity contribution in [3.63, 3.8) is 0 Å². The molecule has 0 atom stereocenters. The van der Waals surface area contributed by atoms with Gasteiger partial charge in [0.25, 0.3) is 5.91 Å². The average molecular weight is 391 g/mol. The Hall–Kier alpha value is -3.61. The molecule has 1 heterocycles. The maximum Gasteiger partial charge on any atom is 0.276 e. The maximum absolute atomic E-state index is 12.4. The van der Waals surface area contributed by atoms with Gasteiger partial charge in [-0.05, 0) is 74.5 Å². The Kier molecular flexibility index (Phi) is 6.29. The molecule has 150 valence electrons. The summed E-state index contributed by atoms with van der Waals surface area (Å²) in [6.45, 7) is 3.97. The van der Waals surface area contributed by atoms with Gasteiger partial charge in [-0.2, -0.15) is 0 Å². The number of carbonyl (C=O) groups excluding carboxylic acids is 1. The van der Waals surface area contributed by atoms with Crippen LogP contribution in [-0.4, -0.2) is 36.3 Å². The molecule has 0 spiro atoms. The lowest BCUT2D eigenvalue weighted by Crippen LogP contribution is -2.15. The van der Waals surface area contributed by atoms with Gasteiger partial charge in [-0.3, -0.25) is 4.79 Å². The predicted molar refractivity (Wildman–Crippen MR) is 116 cm³/mol. The van der Waals surface area contributed by atoms with E-state index in [1.807, 2.05) is 81.4 Å². The van der Waals surface area contributed by atoms with Crippen molar-refractivity contribution in [1.29, 1.82) is 0 Å². The third-order valence-electron chi connectivity index (χ3n) is 4.04. The van der Waals surface area contributed by atoms with E-state index in [4.69, 9.17) is 4.74 Å². The molecule has 3 rings (SSSR count). The first kappa shape index (κ1) is 20.1. The van der Waals surface area contributed by atoms with Gasteiger partial charge in [-0.1, -0.05) is 0 Å². The summed E-state index contributed by atoms with van der Waals surface area (Å²) in [6, 6.07) is 18.5. The molecule has 29 heavy (non-hydrogen) atoms. The van der Waals surface area contributed by atoms with E-state index in [2.05, 4.69) is 20.8 Å². The molecule has 3 aromatic rings. The number of ether oxygens (including phenoxy) is 1. The molecule has 1 amide bonds. The van der Waals surface area contributed by atoms with Gasteiger partial charge >= 0.3 is 0 Å². The van der Waals surface area contributed by atoms with Gasteiger partial charge < -0.3 is 20.3 Å². The normalized spacial score (nSPS) is 10.5. The Balaban J connectivity index is 1.59. The van der Waals surface area contributed by atoms with E-state index >= 15 is 0 Å². The highest BCUT2D eigenvalue weighted by Crippen LogP contribution is 2.20. The fourth-order valence-corrected chi connectivity index (χ4v) is 2.59. The van der Waals surface area contributed by atoms with Crippen LogP contribution in [0.3, 0.4) is 0 Å². The summed E-state index contributed by atoms with van der Waals surface area (Å²) < 4.78 is 5.63. The monoisotopic (exact) mass is 391 g/mol. The Morgan fingerprint density at radius 3 is 2.10 bits per heavy atom. The molecule has 7 nitrogen and oxygen atoms in total. The van der Waals surface area contributed by atoms with Crippen LogP contribution in [0.5, 0.6) is 5.75 Å². The molecular weight excluding hydrogens is 366 g/mol. The van der Waals surface area contributed by atoms with Crippen molar-refractivity contribution in [2.45, 2.75) is 20.0 Å². The average Bonchev–Trinajstić information content (AvgIpc) is 2.70. The van der Waals surface area contributed by atoms with Gasteiger partial charge in [0.15, 0.2) is 11.5 Å². The predicted octanol–water partition coefficient (Wildman–Crippen LogP) is 4.33. The molecule has 2 aromatic carbocycles. The molecule has 0 unspecified atom stereocenters. The van der Waals surface area contributed by atoms with Crippen LogP contribution in [0.4, 0.5) is 22.9 Å². The molecule has 7 heteroatoms. The minimum atomic E-state index is -0.308. The lowest BCUT2D eigenvalue weighted by molar-refractivity contribution is 0.102. The number of nitrogens with zero attached hydrogens (tertiary/aromatic N) is 3. The van der Waals surface area contributed by atoms with E-state index in [1.165, 1.54) is 0 Å². The largest absolute Gasteiger partial charge is 0.491 e. The van der Waals surface area contributed by atoms with Crippen molar-refractivity contribution in [2.75, 3.05) is 29.6 Å². The fraction of sp³-hybridized carbons (Fsp3) is 0.227. The molecule has 0 aliphatic rings. The molecule has 0 aliphatic carbocycles. The Labute approximate surface area is 170 Å². The van der Waals surface area contributed by atoms with Crippen molar-refractivity contribution < 1.29 is 9.53 Å². The molecule has 0 aliphatic heterocycles. The minimum absolute atomic E-state index is 0.129. The topological polar surface area (TPSA) is 79.4 Å². The lowest BCUT2D eigenvalue weighted by Gasteiger charge is -2.13. The summed E-state index contributed by atoms with van der Waals surface area (Å²) >= 11 is 0. The van der Waals surface area contributed by atoms with E-state index in [0.717, 1.165) is 17.1 Å². The van der Waals surface area contributed by atoms with Crippen LogP contribution in [-0.2, 0) is 0 Å². The van der Waals surface area contributed by atoms with Crippen molar-refractivity contribution in [2.24, 2.45) is 0 Å². The SMILES string of the molecule is CC(C)Oc1ccc(Nc2ccc(C(=O)Nc3ccc(N(C)C)cc3)nn2)cc1. The summed E-state index contributed by atoms with van der Waals surface area (Å²) in [5, 5.41) is 14.1. The van der Waals surface area contributed by atoms with Crippen LogP contribution < -0.4 is 20.3 Å². The molecule has 1 aromatic heterocycles. The number of anilines is 4. The number of aromatic nitrogens is 2. The van der Waals surface area contributed by atoms with Crippen LogP contribution in [0.25, 0.3) is 0 Å². The first-order chi connectivity index (χ1) is 13.9. The summed E-state index contributed by atoms with van der Waals surface area (Å²) in [7, 11) is 3.93. The fourth-order valence-electron chi connectivity index (χ4n) is 2.59. The highest BCUT2D eigenvalue weighted by molar-refractivity contribution is 6.02. The minimum Gasteiger partial charge on any atom is -0.491 e. The van der Waals surface area contributed by atoms with Gasteiger partial charge in [-0.15, -0.1) is 10.2 Å². The zero-order chi connectivity index (χ0) is 20.8. The van der Waals surface area contributed by atoms with Crippen LogP contribution in [0, 0.1) is 0 Å². The smallest absolute Gasteiger partial charge is 0.276 e. The molecule has 0 saturated heterocycles. The van der Waals surface area contributed by atoms with E-state index in [-0.39, 0.29) is 17.7 Å². The summed E-state index contributed by atoms with van der Waals surface area (Å²) in [4.78, 5) is 14.4. The van der Waals surface area contributed by atoms with Crippen LogP contribution in [0.2, 0.25) is 0 Å². The summed E-state index contributed by atoms with van der Waals surface area (Å²) in [6.07, 6.45) is 0.129. The van der Waals surface area contributed by atoms with Gasteiger partial charge in [0.1, 0.15) is 5.75 Å². The molecule has 0 radical (unpaired) electrons. The number of amides is 1. The van der Waals surface area contributed by atoms with Gasteiger partial charge in [0, 0.05) is 31.2 Å². The van der Waals surface area contributed by atoms with Crippen molar-refractivity contribution >= 4 is 28.8 Å². The first-order valence-corrected chi connectivity index (χ1v) is 9.37. The van der Waals surface area contributed by atoms with Crippen LogP contribution in [0.1, 0.15) is 24.3 Å². The van der Waals surface area contributed by atoms with Gasteiger partial charge in [-0.25, -0.2) is 0 Å². The number of rotatable bonds is 7. The summed E-state index contributed by atoms with van der Waals surface area (Å²) in [5.41, 5.74) is 2.86. The highest BCUT2D eigenvalue weighted by atomic mass is 16.5. The number of hydrogen-bond donors (Lipinski definition) is 2. The molecule has 0 saturated carbocycles. The molecule has 0 bridgehead atoms. The Morgan fingerprint density at radius 2 is 1.55 bits per heavy atom. The van der Waals surface area contributed by atoms with Crippen LogP contribution >= 0.6 is 0 Å². The first-order valence-electron chi connectivity index (χ1n) is 9.37. The number of benzene rings is 2. The van der Waals surface area contributed by atoms with Gasteiger partial charge in [0.2, 0.25) is 0 Å². The van der Waals surface area contributed by atoms with E-state index in [9.17, 15) is 4.79 Å². The van der Waals surface area contributed by atoms with Crippen molar-refractivity contribution in [1.82, 2.24) is 10.2 Å². The molecular formula is C22H25N5O2. The third kappa shape index (κ3) is 5.68. The Bertz CT molecular complexity index is 936. The van der Waals surface area contributed by atoms with E-state index < -0.39 is 0 Å². The number of carbonyl (C=O) groups is 1. The van der Waals surface area contributed by atoms with Crippen molar-refractivity contribution in [3.8, 4) is 5.75 Å². The zero-order valence-electron chi connectivity index (χ0n) is 17.0.